The van der Waals surface area contributed by atoms with Crippen molar-refractivity contribution in [3.63, 3.8) is 0 Å². The minimum Gasteiger partial charge on any atom is -0.374 e. The molecule has 3 nitrogen and oxygen atoms in total. The van der Waals surface area contributed by atoms with E-state index in [2.05, 4.69) is 17.4 Å². The molecule has 0 heterocycles. The summed E-state index contributed by atoms with van der Waals surface area (Å²) < 4.78 is 11.2. The minimum absolute atomic E-state index is 0.0198. The Bertz CT molecular complexity index is 773. The Hall–Kier alpha value is -2.35. The fraction of sp³-hybridized carbons (Fsp3) is 0.0526. The summed E-state index contributed by atoms with van der Waals surface area (Å²) in [5.41, 5.74) is 3.22. The Kier molecular flexibility index (Phi) is 4.92. The van der Waals surface area contributed by atoms with Crippen LogP contribution in [0.5, 0.6) is 0 Å². The van der Waals surface area contributed by atoms with Crippen molar-refractivity contribution in [3.05, 3.63) is 96.1 Å². The van der Waals surface area contributed by atoms with E-state index in [1.807, 2.05) is 60.7 Å². The molecule has 0 bridgehead atoms. The van der Waals surface area contributed by atoms with Crippen LogP contribution in [0.2, 0.25) is 0 Å². The normalized spacial score (nSPS) is 13.3. The van der Waals surface area contributed by atoms with Crippen LogP contribution in [0.3, 0.4) is 0 Å². The van der Waals surface area contributed by atoms with E-state index < -0.39 is 8.03 Å². The lowest BCUT2D eigenvalue weighted by atomic mass is 9.98. The van der Waals surface area contributed by atoms with Crippen LogP contribution in [-0.2, 0) is 4.57 Å². The van der Waals surface area contributed by atoms with Crippen LogP contribution in [0.25, 0.3) is 0 Å². The molecule has 0 fully saturated rings. The monoisotopic (exact) mass is 323 g/mol. The van der Waals surface area contributed by atoms with Crippen LogP contribution in [0, 0.1) is 0 Å². The molecule has 0 saturated carbocycles. The van der Waals surface area contributed by atoms with E-state index in [0.717, 1.165) is 16.8 Å². The zero-order valence-electron chi connectivity index (χ0n) is 12.5. The molecule has 0 saturated heterocycles. The standard InChI is InChI=1S/C19H18NO2P/c21-23(22)18-13-11-16(12-14-18)19(15-7-3-1-4-8-15)20-17-9-5-2-6-10-17/h1-14,19-20,23H,(H,21,22). The lowest BCUT2D eigenvalue weighted by Crippen LogP contribution is -2.13. The van der Waals surface area contributed by atoms with Gasteiger partial charge in [-0.15, -0.1) is 0 Å². The fourth-order valence-electron chi connectivity index (χ4n) is 2.52. The molecule has 4 heteroatoms. The highest BCUT2D eigenvalue weighted by Gasteiger charge is 2.14. The first-order valence-corrected chi connectivity index (χ1v) is 8.79. The SMILES string of the molecule is O=[PH](O)c1ccc(C(Nc2ccccc2)c2ccccc2)cc1. The van der Waals surface area contributed by atoms with Gasteiger partial charge in [-0.2, -0.15) is 0 Å². The van der Waals surface area contributed by atoms with Gasteiger partial charge in [-0.3, -0.25) is 4.57 Å². The van der Waals surface area contributed by atoms with E-state index in [1.54, 1.807) is 12.1 Å². The molecule has 23 heavy (non-hydrogen) atoms. The smallest absolute Gasteiger partial charge is 0.218 e. The van der Waals surface area contributed by atoms with E-state index in [-0.39, 0.29) is 6.04 Å². The predicted molar refractivity (Wildman–Crippen MR) is 95.6 cm³/mol. The second kappa shape index (κ2) is 7.28. The van der Waals surface area contributed by atoms with E-state index in [1.165, 1.54) is 0 Å². The first-order valence-electron chi connectivity index (χ1n) is 7.44. The molecule has 0 aliphatic rings. The molecule has 3 rings (SSSR count). The fourth-order valence-corrected chi connectivity index (χ4v) is 2.98. The van der Waals surface area contributed by atoms with E-state index >= 15 is 0 Å². The summed E-state index contributed by atoms with van der Waals surface area (Å²) >= 11 is 0. The van der Waals surface area contributed by atoms with Gasteiger partial charge < -0.3 is 10.2 Å². The van der Waals surface area contributed by atoms with Crippen LogP contribution in [0.15, 0.2) is 84.9 Å². The van der Waals surface area contributed by atoms with Crippen LogP contribution < -0.4 is 10.6 Å². The van der Waals surface area contributed by atoms with Crippen LogP contribution in [0.4, 0.5) is 5.69 Å². The predicted octanol–water partition coefficient (Wildman–Crippen LogP) is 3.98. The van der Waals surface area contributed by atoms with Crippen LogP contribution >= 0.6 is 8.03 Å². The molecule has 116 valence electrons. The second-order valence-corrected chi connectivity index (χ2v) is 6.47. The summed E-state index contributed by atoms with van der Waals surface area (Å²) in [7, 11) is -2.65. The van der Waals surface area contributed by atoms with Gasteiger partial charge in [-0.25, -0.2) is 0 Å². The van der Waals surface area contributed by atoms with Crippen LogP contribution in [-0.4, -0.2) is 4.89 Å². The molecule has 0 aromatic heterocycles. The number of para-hydroxylation sites is 1. The van der Waals surface area contributed by atoms with Gasteiger partial charge in [0.1, 0.15) is 0 Å². The van der Waals surface area contributed by atoms with Crippen molar-refractivity contribution in [2.45, 2.75) is 6.04 Å². The van der Waals surface area contributed by atoms with Gasteiger partial charge >= 0.3 is 0 Å². The Balaban J connectivity index is 1.96. The molecule has 3 aromatic carbocycles. The van der Waals surface area contributed by atoms with Crippen molar-refractivity contribution in [2.24, 2.45) is 0 Å². The van der Waals surface area contributed by atoms with E-state index in [9.17, 15) is 9.46 Å². The van der Waals surface area contributed by atoms with Gasteiger partial charge in [-0.1, -0.05) is 60.7 Å². The van der Waals surface area contributed by atoms with Crippen molar-refractivity contribution in [3.8, 4) is 0 Å². The average Bonchev–Trinajstić information content (AvgIpc) is 2.61. The molecule has 0 spiro atoms. The number of rotatable bonds is 5. The van der Waals surface area contributed by atoms with Crippen molar-refractivity contribution in [1.29, 1.82) is 0 Å². The zero-order valence-corrected chi connectivity index (χ0v) is 13.5. The molecule has 0 aliphatic heterocycles. The van der Waals surface area contributed by atoms with Gasteiger partial charge in [0.15, 0.2) is 0 Å². The average molecular weight is 323 g/mol. The Morgan fingerprint density at radius 1 is 0.739 bits per heavy atom. The van der Waals surface area contributed by atoms with Crippen LogP contribution in [0.1, 0.15) is 17.2 Å². The maximum atomic E-state index is 11.2. The number of benzene rings is 3. The highest BCUT2D eigenvalue weighted by Crippen LogP contribution is 2.27. The van der Waals surface area contributed by atoms with Crippen molar-refractivity contribution < 1.29 is 9.46 Å². The molecule has 3 aromatic rings. The number of anilines is 1. The highest BCUT2D eigenvalue weighted by molar-refractivity contribution is 7.47. The molecule has 2 unspecified atom stereocenters. The number of nitrogens with one attached hydrogen (secondary N) is 1. The summed E-state index contributed by atoms with van der Waals surface area (Å²) in [6.07, 6.45) is 0. The van der Waals surface area contributed by atoms with Crippen molar-refractivity contribution in [2.75, 3.05) is 5.32 Å². The summed E-state index contributed by atoms with van der Waals surface area (Å²) in [5, 5.41) is 4.01. The third-order valence-electron chi connectivity index (χ3n) is 3.71. The van der Waals surface area contributed by atoms with E-state index in [4.69, 9.17) is 0 Å². The largest absolute Gasteiger partial charge is 0.374 e. The van der Waals surface area contributed by atoms with Gasteiger partial charge in [0, 0.05) is 11.0 Å². The summed E-state index contributed by atoms with van der Waals surface area (Å²) in [6.45, 7) is 0. The first-order chi connectivity index (χ1) is 11.2. The van der Waals surface area contributed by atoms with Gasteiger partial charge in [-0.05, 0) is 35.4 Å². The Morgan fingerprint density at radius 3 is 1.83 bits per heavy atom. The third kappa shape index (κ3) is 3.89. The Morgan fingerprint density at radius 2 is 1.26 bits per heavy atom. The summed E-state index contributed by atoms with van der Waals surface area (Å²) in [6, 6.07) is 27.4. The summed E-state index contributed by atoms with van der Waals surface area (Å²) in [5.74, 6) is 0. The highest BCUT2D eigenvalue weighted by atomic mass is 31.1. The lowest BCUT2D eigenvalue weighted by molar-refractivity contribution is 0.513. The molecule has 2 atom stereocenters. The Labute approximate surface area is 136 Å². The maximum absolute atomic E-state index is 11.2. The van der Waals surface area contributed by atoms with Crippen molar-refractivity contribution in [1.82, 2.24) is 0 Å². The third-order valence-corrected chi connectivity index (χ3v) is 4.54. The molecule has 0 radical (unpaired) electrons. The van der Waals surface area contributed by atoms with Gasteiger partial charge in [0.05, 0.1) is 6.04 Å². The van der Waals surface area contributed by atoms with Crippen molar-refractivity contribution >= 4 is 19.0 Å². The first kappa shape index (κ1) is 15.5. The summed E-state index contributed by atoms with van der Waals surface area (Å²) in [4.78, 5) is 9.24. The minimum atomic E-state index is -2.65. The molecule has 0 amide bonds. The molecular formula is C19H18NO2P. The van der Waals surface area contributed by atoms with Gasteiger partial charge in [0.2, 0.25) is 8.03 Å². The quantitative estimate of drug-likeness (QED) is 0.698. The second-order valence-electron chi connectivity index (χ2n) is 5.28. The zero-order chi connectivity index (χ0) is 16.1. The number of hydrogen-bond donors (Lipinski definition) is 2. The number of hydrogen-bond acceptors (Lipinski definition) is 2. The lowest BCUT2D eigenvalue weighted by Gasteiger charge is -2.21. The molecular weight excluding hydrogens is 305 g/mol. The molecule has 0 aliphatic carbocycles. The van der Waals surface area contributed by atoms with E-state index in [0.29, 0.717) is 5.30 Å². The topological polar surface area (TPSA) is 49.3 Å². The maximum Gasteiger partial charge on any atom is 0.218 e. The molecule has 2 N–H and O–H groups in total. The van der Waals surface area contributed by atoms with Gasteiger partial charge in [0.25, 0.3) is 0 Å².